The molecule has 2 N–H and O–H groups in total. The third kappa shape index (κ3) is 6.43. The van der Waals surface area contributed by atoms with Gasteiger partial charge < -0.3 is 15.4 Å². The zero-order valence-corrected chi connectivity index (χ0v) is 16.6. The molecule has 1 heterocycles. The second-order valence-corrected chi connectivity index (χ2v) is 6.59. The summed E-state index contributed by atoms with van der Waals surface area (Å²) in [6.45, 7) is 4.08. The number of halogens is 1. The molecule has 1 fully saturated rings. The minimum absolute atomic E-state index is 0.0934. The zero-order chi connectivity index (χ0) is 19.6. The van der Waals surface area contributed by atoms with E-state index in [1.54, 1.807) is 13.2 Å². The number of carbonyl (C=O) groups is 2. The second-order valence-electron chi connectivity index (χ2n) is 6.19. The van der Waals surface area contributed by atoms with Crippen LogP contribution in [-0.4, -0.2) is 56.0 Å². The summed E-state index contributed by atoms with van der Waals surface area (Å²) in [6.07, 6.45) is 2.24. The Kier molecular flexibility index (Phi) is 8.39. The van der Waals surface area contributed by atoms with Crippen LogP contribution in [-0.2, 0) is 16.0 Å². The molecule has 148 valence electrons. The SMILES string of the molecule is CCNC(=NCCc1ccc(OC)cc1Cl)NCCN1C(=O)CCCC1=O. The molecule has 1 aromatic rings. The lowest BCUT2D eigenvalue weighted by Gasteiger charge is -2.25. The number of benzene rings is 1. The van der Waals surface area contributed by atoms with Crippen molar-refractivity contribution in [1.82, 2.24) is 15.5 Å². The van der Waals surface area contributed by atoms with E-state index in [1.807, 2.05) is 19.1 Å². The normalized spacial score (nSPS) is 15.1. The topological polar surface area (TPSA) is 83.0 Å². The Bertz CT molecular complexity index is 678. The molecule has 0 atom stereocenters. The molecule has 1 aliphatic rings. The third-order valence-corrected chi connectivity index (χ3v) is 4.62. The first-order valence-electron chi connectivity index (χ1n) is 9.23. The molecule has 0 aromatic heterocycles. The van der Waals surface area contributed by atoms with Gasteiger partial charge in [-0.2, -0.15) is 0 Å². The molecule has 7 nitrogen and oxygen atoms in total. The number of hydrogen-bond donors (Lipinski definition) is 2. The fraction of sp³-hybridized carbons (Fsp3) is 0.526. The van der Waals surface area contributed by atoms with Gasteiger partial charge in [0.2, 0.25) is 11.8 Å². The predicted molar refractivity (Wildman–Crippen MR) is 106 cm³/mol. The molecule has 8 heteroatoms. The zero-order valence-electron chi connectivity index (χ0n) is 15.9. The number of nitrogens with one attached hydrogen (secondary N) is 2. The highest BCUT2D eigenvalue weighted by molar-refractivity contribution is 6.31. The van der Waals surface area contributed by atoms with Crippen molar-refractivity contribution in [3.05, 3.63) is 28.8 Å². The van der Waals surface area contributed by atoms with Crippen molar-refractivity contribution in [1.29, 1.82) is 0 Å². The second kappa shape index (κ2) is 10.8. The lowest BCUT2D eigenvalue weighted by molar-refractivity contribution is -0.147. The summed E-state index contributed by atoms with van der Waals surface area (Å²) in [6, 6.07) is 5.60. The van der Waals surface area contributed by atoms with Crippen LogP contribution in [0, 0.1) is 0 Å². The maximum Gasteiger partial charge on any atom is 0.229 e. The van der Waals surface area contributed by atoms with Gasteiger partial charge in [0, 0.05) is 44.0 Å². The standard InChI is InChI=1S/C19H27ClN4O3/c1-3-21-19(23-11-12-24-17(25)5-4-6-18(24)26)22-10-9-14-7-8-15(27-2)13-16(14)20/h7-8,13H,3-6,9-12H2,1-2H3,(H2,21,22,23). The minimum Gasteiger partial charge on any atom is -0.497 e. The molecule has 27 heavy (non-hydrogen) atoms. The van der Waals surface area contributed by atoms with Crippen LogP contribution >= 0.6 is 11.6 Å². The number of aliphatic imine (C=N–C) groups is 1. The molecule has 0 saturated carbocycles. The largest absolute Gasteiger partial charge is 0.497 e. The molecule has 0 aliphatic carbocycles. The number of piperidine rings is 1. The maximum absolute atomic E-state index is 11.8. The van der Waals surface area contributed by atoms with Gasteiger partial charge in [0.25, 0.3) is 0 Å². The lowest BCUT2D eigenvalue weighted by atomic mass is 10.1. The van der Waals surface area contributed by atoms with E-state index in [-0.39, 0.29) is 11.8 Å². The van der Waals surface area contributed by atoms with Gasteiger partial charge >= 0.3 is 0 Å². The van der Waals surface area contributed by atoms with Crippen LogP contribution < -0.4 is 15.4 Å². The number of methoxy groups -OCH3 is 1. The summed E-state index contributed by atoms with van der Waals surface area (Å²) in [5, 5.41) is 6.98. The van der Waals surface area contributed by atoms with E-state index in [1.165, 1.54) is 4.90 Å². The molecular weight excluding hydrogens is 368 g/mol. The van der Waals surface area contributed by atoms with E-state index in [0.717, 1.165) is 17.9 Å². The number of guanidine groups is 1. The van der Waals surface area contributed by atoms with Gasteiger partial charge in [0.15, 0.2) is 5.96 Å². The van der Waals surface area contributed by atoms with Gasteiger partial charge in [-0.25, -0.2) is 0 Å². The lowest BCUT2D eigenvalue weighted by Crippen LogP contribution is -2.46. The molecule has 1 aliphatic heterocycles. The molecular formula is C19H27ClN4O3. The third-order valence-electron chi connectivity index (χ3n) is 4.27. The average molecular weight is 395 g/mol. The van der Waals surface area contributed by atoms with Crippen LogP contribution in [0.15, 0.2) is 23.2 Å². The number of amides is 2. The molecule has 0 spiro atoms. The van der Waals surface area contributed by atoms with Gasteiger partial charge in [0.05, 0.1) is 7.11 Å². The Morgan fingerprint density at radius 1 is 1.26 bits per heavy atom. The summed E-state index contributed by atoms with van der Waals surface area (Å²) >= 11 is 6.25. The van der Waals surface area contributed by atoms with Crippen LogP contribution in [0.2, 0.25) is 5.02 Å². The van der Waals surface area contributed by atoms with Crippen molar-refractivity contribution in [2.24, 2.45) is 4.99 Å². The monoisotopic (exact) mass is 394 g/mol. The number of hydrogen-bond acceptors (Lipinski definition) is 4. The van der Waals surface area contributed by atoms with Crippen LogP contribution in [0.25, 0.3) is 0 Å². The number of ether oxygens (including phenoxy) is 1. The molecule has 0 radical (unpaired) electrons. The Balaban J connectivity index is 1.84. The summed E-state index contributed by atoms with van der Waals surface area (Å²) in [5.74, 6) is 1.19. The minimum atomic E-state index is -0.0934. The van der Waals surface area contributed by atoms with E-state index in [4.69, 9.17) is 16.3 Å². The molecule has 1 saturated heterocycles. The van der Waals surface area contributed by atoms with E-state index >= 15 is 0 Å². The molecule has 2 amide bonds. The van der Waals surface area contributed by atoms with E-state index in [9.17, 15) is 9.59 Å². The molecule has 0 bridgehead atoms. The van der Waals surface area contributed by atoms with Gasteiger partial charge in [-0.3, -0.25) is 19.5 Å². The number of rotatable bonds is 8. The van der Waals surface area contributed by atoms with Gasteiger partial charge in [0.1, 0.15) is 5.75 Å². The summed E-state index contributed by atoms with van der Waals surface area (Å²) in [4.78, 5) is 29.5. The predicted octanol–water partition coefficient (Wildman–Crippen LogP) is 1.99. The Morgan fingerprint density at radius 3 is 2.63 bits per heavy atom. The highest BCUT2D eigenvalue weighted by atomic mass is 35.5. The van der Waals surface area contributed by atoms with Crippen LogP contribution in [0.1, 0.15) is 31.7 Å². The van der Waals surface area contributed by atoms with Crippen LogP contribution in [0.3, 0.4) is 0 Å². The van der Waals surface area contributed by atoms with Crippen molar-refractivity contribution in [2.45, 2.75) is 32.6 Å². The van der Waals surface area contributed by atoms with Gasteiger partial charge in [-0.1, -0.05) is 17.7 Å². The smallest absolute Gasteiger partial charge is 0.229 e. The number of imide groups is 1. The van der Waals surface area contributed by atoms with Gasteiger partial charge in [-0.15, -0.1) is 0 Å². The van der Waals surface area contributed by atoms with Crippen molar-refractivity contribution >= 4 is 29.4 Å². The number of likely N-dealkylation sites (tertiary alicyclic amines) is 1. The molecule has 2 rings (SSSR count). The fourth-order valence-electron chi connectivity index (χ4n) is 2.82. The van der Waals surface area contributed by atoms with Crippen molar-refractivity contribution < 1.29 is 14.3 Å². The highest BCUT2D eigenvalue weighted by Crippen LogP contribution is 2.22. The van der Waals surface area contributed by atoms with E-state index in [0.29, 0.717) is 56.3 Å². The fourth-order valence-corrected chi connectivity index (χ4v) is 3.09. The summed E-state index contributed by atoms with van der Waals surface area (Å²) in [5.41, 5.74) is 1.00. The van der Waals surface area contributed by atoms with E-state index < -0.39 is 0 Å². The Labute approximate surface area is 165 Å². The quantitative estimate of drug-likeness (QED) is 0.400. The van der Waals surface area contributed by atoms with E-state index in [2.05, 4.69) is 15.6 Å². The summed E-state index contributed by atoms with van der Waals surface area (Å²) in [7, 11) is 1.61. The highest BCUT2D eigenvalue weighted by Gasteiger charge is 2.25. The van der Waals surface area contributed by atoms with Crippen LogP contribution in [0.5, 0.6) is 5.75 Å². The summed E-state index contributed by atoms with van der Waals surface area (Å²) < 4.78 is 5.15. The Hall–Kier alpha value is -2.28. The van der Waals surface area contributed by atoms with Crippen LogP contribution in [0.4, 0.5) is 0 Å². The average Bonchev–Trinajstić information content (AvgIpc) is 2.65. The first-order chi connectivity index (χ1) is 13.0. The van der Waals surface area contributed by atoms with Crippen molar-refractivity contribution in [2.75, 3.05) is 33.3 Å². The maximum atomic E-state index is 11.8. The van der Waals surface area contributed by atoms with Crippen molar-refractivity contribution in [3.8, 4) is 5.75 Å². The molecule has 0 unspecified atom stereocenters. The number of carbonyl (C=O) groups excluding carboxylic acids is 2. The molecule has 1 aromatic carbocycles. The first kappa shape index (κ1) is 21.0. The van der Waals surface area contributed by atoms with Crippen molar-refractivity contribution in [3.63, 3.8) is 0 Å². The van der Waals surface area contributed by atoms with Gasteiger partial charge in [-0.05, 0) is 37.5 Å². The first-order valence-corrected chi connectivity index (χ1v) is 9.60. The Morgan fingerprint density at radius 2 is 2.00 bits per heavy atom. The number of nitrogens with zero attached hydrogens (tertiary/aromatic N) is 2.